The number of hydrogen-bond acceptors (Lipinski definition) is 10. The number of amides is 1. The Kier molecular flexibility index (Phi) is 11.6. The first-order chi connectivity index (χ1) is 21.3. The quantitative estimate of drug-likeness (QED) is 0.128. The van der Waals surface area contributed by atoms with Gasteiger partial charge in [0.2, 0.25) is 5.95 Å². The van der Waals surface area contributed by atoms with Gasteiger partial charge < -0.3 is 24.8 Å². The van der Waals surface area contributed by atoms with Gasteiger partial charge in [-0.2, -0.15) is 0 Å². The molecule has 0 fully saturated rings. The summed E-state index contributed by atoms with van der Waals surface area (Å²) in [5, 5.41) is 16.6. The molecule has 0 radical (unpaired) electrons. The van der Waals surface area contributed by atoms with Gasteiger partial charge in [0.15, 0.2) is 11.5 Å². The number of hydrogen-bond donors (Lipinski definition) is 3. The van der Waals surface area contributed by atoms with Crippen molar-refractivity contribution < 1.29 is 19.4 Å². The Labute approximate surface area is 263 Å². The number of anilines is 3. The Morgan fingerprint density at radius 2 is 1.82 bits per heavy atom. The maximum atomic E-state index is 12.5. The number of halogens is 1. The van der Waals surface area contributed by atoms with Crippen LogP contribution in [0.2, 0.25) is 5.02 Å². The van der Waals surface area contributed by atoms with E-state index in [9.17, 15) is 9.90 Å². The van der Waals surface area contributed by atoms with E-state index in [1.54, 1.807) is 43.8 Å². The van der Waals surface area contributed by atoms with E-state index in [4.69, 9.17) is 21.1 Å². The number of ether oxygens (including phenoxy) is 2. The summed E-state index contributed by atoms with van der Waals surface area (Å²) in [7, 11) is 1.59. The number of carbonyl (C=O) groups excluding carboxylic acids is 1. The number of aliphatic hydroxyl groups is 1. The van der Waals surface area contributed by atoms with Crippen LogP contribution in [0.1, 0.15) is 50.4 Å². The molecule has 1 amide bonds. The van der Waals surface area contributed by atoms with Gasteiger partial charge in [-0.25, -0.2) is 19.9 Å². The molecule has 0 bridgehead atoms. The topological polar surface area (TPSA) is 135 Å². The molecule has 0 atom stereocenters. The molecule has 11 nitrogen and oxygen atoms in total. The maximum Gasteiger partial charge on any atom is 0.258 e. The summed E-state index contributed by atoms with van der Waals surface area (Å²) < 4.78 is 11.8. The van der Waals surface area contributed by atoms with Crippen LogP contribution in [-0.4, -0.2) is 75.8 Å². The summed E-state index contributed by atoms with van der Waals surface area (Å²) in [6.07, 6.45) is 7.55. The van der Waals surface area contributed by atoms with Crippen LogP contribution in [0.15, 0.2) is 55.1 Å². The van der Waals surface area contributed by atoms with Crippen molar-refractivity contribution in [2.45, 2.75) is 40.0 Å². The molecule has 234 valence electrons. The van der Waals surface area contributed by atoms with Crippen molar-refractivity contribution in [2.75, 3.05) is 50.6 Å². The molecule has 44 heavy (non-hydrogen) atoms. The molecule has 0 aliphatic rings. The van der Waals surface area contributed by atoms with Gasteiger partial charge in [0.1, 0.15) is 12.1 Å². The fraction of sp³-hybridized carbons (Fsp3) is 0.406. The molecule has 0 saturated carbocycles. The Morgan fingerprint density at radius 3 is 2.50 bits per heavy atom. The van der Waals surface area contributed by atoms with Gasteiger partial charge in [-0.3, -0.25) is 10.1 Å². The van der Waals surface area contributed by atoms with Crippen molar-refractivity contribution in [3.8, 4) is 11.5 Å². The van der Waals surface area contributed by atoms with E-state index in [0.29, 0.717) is 52.3 Å². The molecule has 12 heteroatoms. The zero-order valence-electron chi connectivity index (χ0n) is 25.6. The largest absolute Gasteiger partial charge is 0.493 e. The first kappa shape index (κ1) is 32.8. The van der Waals surface area contributed by atoms with Crippen LogP contribution >= 0.6 is 11.6 Å². The molecular weight excluding hydrogens is 582 g/mol. The number of carbonyl (C=O) groups is 1. The minimum Gasteiger partial charge on any atom is -0.493 e. The molecule has 2 aromatic carbocycles. The second kappa shape index (κ2) is 15.6. The first-order valence-corrected chi connectivity index (χ1v) is 15.1. The molecule has 3 N–H and O–H groups in total. The lowest BCUT2D eigenvalue weighted by Crippen LogP contribution is -2.38. The lowest BCUT2D eigenvalue weighted by atomic mass is 9.84. The fourth-order valence-corrected chi connectivity index (χ4v) is 4.92. The zero-order chi connectivity index (χ0) is 31.5. The van der Waals surface area contributed by atoms with Crippen molar-refractivity contribution in [1.29, 1.82) is 0 Å². The number of nitrogens with one attached hydrogen (secondary N) is 2. The molecule has 0 unspecified atom stereocenters. The van der Waals surface area contributed by atoms with E-state index >= 15 is 0 Å². The number of fused-ring (bicyclic) bond motifs is 1. The third-order valence-electron chi connectivity index (χ3n) is 7.75. The summed E-state index contributed by atoms with van der Waals surface area (Å²) in [5.41, 5.74) is 1.88. The van der Waals surface area contributed by atoms with Gasteiger partial charge in [-0.15, -0.1) is 0 Å². The SMILES string of the molecule is CCC(C)(CC)CN(CCO)CCCOc1cc2ncnc(Nc3cnc(NC(=O)c4cccc(Cl)c4)nc3)c2cc1OC. The zero-order valence-corrected chi connectivity index (χ0v) is 26.4. The average Bonchev–Trinajstić information content (AvgIpc) is 3.03. The van der Waals surface area contributed by atoms with Crippen LogP contribution in [-0.2, 0) is 0 Å². The molecule has 0 aliphatic heterocycles. The minimum absolute atomic E-state index is 0.135. The Bertz CT molecular complexity index is 1530. The molecule has 0 aliphatic carbocycles. The lowest BCUT2D eigenvalue weighted by Gasteiger charge is -2.34. The van der Waals surface area contributed by atoms with E-state index in [1.165, 1.54) is 6.33 Å². The fourth-order valence-electron chi connectivity index (χ4n) is 4.73. The molecular formula is C32H40ClN7O4. The molecule has 0 saturated heterocycles. The van der Waals surface area contributed by atoms with Crippen LogP contribution in [0.25, 0.3) is 10.9 Å². The molecule has 2 aromatic heterocycles. The van der Waals surface area contributed by atoms with Crippen molar-refractivity contribution in [3.05, 3.63) is 65.7 Å². The standard InChI is InChI=1S/C32H40ClN7O4/c1-5-32(3,6-2)20-40(12-13-41)11-8-14-44-28-17-26-25(16-27(28)43-4)29(37-21-36-26)38-24-18-34-31(35-19-24)39-30(42)22-9-7-10-23(33)15-22/h7,9-10,15-19,21,41H,5-6,8,11-14,20H2,1-4H3,(H,36,37,38)(H,34,35,39,42). The Morgan fingerprint density at radius 1 is 1.05 bits per heavy atom. The van der Waals surface area contributed by atoms with Crippen LogP contribution in [0.5, 0.6) is 11.5 Å². The number of benzene rings is 2. The van der Waals surface area contributed by atoms with Crippen LogP contribution in [0.3, 0.4) is 0 Å². The predicted molar refractivity (Wildman–Crippen MR) is 173 cm³/mol. The van der Waals surface area contributed by atoms with Gasteiger partial charge in [-0.05, 0) is 48.9 Å². The smallest absolute Gasteiger partial charge is 0.258 e. The lowest BCUT2D eigenvalue weighted by molar-refractivity contribution is 0.102. The van der Waals surface area contributed by atoms with Crippen molar-refractivity contribution in [3.63, 3.8) is 0 Å². The summed E-state index contributed by atoms with van der Waals surface area (Å²) >= 11 is 5.98. The number of rotatable bonds is 16. The highest BCUT2D eigenvalue weighted by Gasteiger charge is 2.23. The minimum atomic E-state index is -0.362. The summed E-state index contributed by atoms with van der Waals surface area (Å²) in [5.74, 6) is 1.48. The molecule has 4 aromatic rings. The van der Waals surface area contributed by atoms with Crippen LogP contribution in [0, 0.1) is 5.41 Å². The number of nitrogens with zero attached hydrogens (tertiary/aromatic N) is 5. The number of aromatic nitrogens is 4. The Balaban J connectivity index is 1.40. The van der Waals surface area contributed by atoms with Crippen molar-refractivity contribution in [1.82, 2.24) is 24.8 Å². The third-order valence-corrected chi connectivity index (χ3v) is 7.99. The molecule has 4 rings (SSSR count). The predicted octanol–water partition coefficient (Wildman–Crippen LogP) is 5.97. The summed E-state index contributed by atoms with van der Waals surface area (Å²) in [4.78, 5) is 32.1. The highest BCUT2D eigenvalue weighted by Crippen LogP contribution is 2.35. The van der Waals surface area contributed by atoms with E-state index in [2.05, 4.69) is 56.2 Å². The Hall–Kier alpha value is -4.06. The van der Waals surface area contributed by atoms with Gasteiger partial charge >= 0.3 is 0 Å². The van der Waals surface area contributed by atoms with E-state index in [0.717, 1.165) is 37.7 Å². The first-order valence-electron chi connectivity index (χ1n) is 14.7. The van der Waals surface area contributed by atoms with Crippen LogP contribution < -0.4 is 20.1 Å². The third kappa shape index (κ3) is 8.75. The maximum absolute atomic E-state index is 12.5. The monoisotopic (exact) mass is 621 g/mol. The van der Waals surface area contributed by atoms with E-state index < -0.39 is 0 Å². The molecule has 2 heterocycles. The number of aliphatic hydroxyl groups excluding tert-OH is 1. The molecule has 0 spiro atoms. The summed E-state index contributed by atoms with van der Waals surface area (Å²) in [6.45, 7) is 9.77. The second-order valence-corrected chi connectivity index (χ2v) is 11.3. The van der Waals surface area contributed by atoms with Crippen LogP contribution in [0.4, 0.5) is 17.5 Å². The highest BCUT2D eigenvalue weighted by molar-refractivity contribution is 6.31. The van der Waals surface area contributed by atoms with Gasteiger partial charge in [0.25, 0.3) is 5.91 Å². The van der Waals surface area contributed by atoms with Crippen molar-refractivity contribution >= 4 is 45.9 Å². The average molecular weight is 622 g/mol. The van der Waals surface area contributed by atoms with E-state index in [-0.39, 0.29) is 23.9 Å². The number of methoxy groups -OCH3 is 1. The second-order valence-electron chi connectivity index (χ2n) is 10.8. The van der Waals surface area contributed by atoms with Gasteiger partial charge in [-0.1, -0.05) is 38.4 Å². The normalized spacial score (nSPS) is 11.5. The van der Waals surface area contributed by atoms with E-state index in [1.807, 2.05) is 12.1 Å². The summed E-state index contributed by atoms with van der Waals surface area (Å²) in [6, 6.07) is 10.3. The highest BCUT2D eigenvalue weighted by atomic mass is 35.5. The van der Waals surface area contributed by atoms with Gasteiger partial charge in [0.05, 0.1) is 43.9 Å². The van der Waals surface area contributed by atoms with Crippen molar-refractivity contribution in [2.24, 2.45) is 5.41 Å². The van der Waals surface area contributed by atoms with Gasteiger partial charge in [0, 0.05) is 41.7 Å².